The number of anilines is 2. The van der Waals surface area contributed by atoms with Crippen molar-refractivity contribution < 1.29 is 4.79 Å². The minimum atomic E-state index is -0.219. The maximum atomic E-state index is 12.3. The fourth-order valence-electron chi connectivity index (χ4n) is 2.86. The molecule has 2 aromatic rings. The third-order valence-corrected chi connectivity index (χ3v) is 4.20. The van der Waals surface area contributed by atoms with Crippen LogP contribution < -0.4 is 10.2 Å². The van der Waals surface area contributed by atoms with E-state index in [-0.39, 0.29) is 5.91 Å². The van der Waals surface area contributed by atoms with E-state index in [1.165, 1.54) is 19.3 Å². The molecule has 0 bridgehead atoms. The van der Waals surface area contributed by atoms with Gasteiger partial charge >= 0.3 is 0 Å². The van der Waals surface area contributed by atoms with Gasteiger partial charge in [0.15, 0.2) is 0 Å². The minimum Gasteiger partial charge on any atom is -0.355 e. The number of aromatic nitrogens is 2. The van der Waals surface area contributed by atoms with E-state index in [9.17, 15) is 4.79 Å². The summed E-state index contributed by atoms with van der Waals surface area (Å²) in [7, 11) is 0. The van der Waals surface area contributed by atoms with Gasteiger partial charge in [0.05, 0.1) is 12.4 Å². The Bertz CT molecular complexity index is 663. The van der Waals surface area contributed by atoms with Crippen molar-refractivity contribution in [1.82, 2.24) is 9.97 Å². The van der Waals surface area contributed by atoms with E-state index in [4.69, 9.17) is 0 Å². The van der Waals surface area contributed by atoms with Crippen molar-refractivity contribution in [1.29, 1.82) is 0 Å². The highest BCUT2D eigenvalue weighted by molar-refractivity contribution is 6.03. The molecule has 0 radical (unpaired) electrons. The normalized spacial score (nSPS) is 14.6. The van der Waals surface area contributed by atoms with Gasteiger partial charge < -0.3 is 10.2 Å². The molecule has 1 aromatic carbocycles. The third-order valence-electron chi connectivity index (χ3n) is 4.20. The number of rotatable bonds is 4. The highest BCUT2D eigenvalue weighted by Crippen LogP contribution is 2.18. The maximum Gasteiger partial charge on any atom is 0.275 e. The van der Waals surface area contributed by atoms with Crippen LogP contribution in [0.25, 0.3) is 0 Å². The molecule has 0 spiro atoms. The molecular weight excluding hydrogens is 288 g/mol. The van der Waals surface area contributed by atoms with Crippen LogP contribution in [0.1, 0.15) is 42.2 Å². The predicted molar refractivity (Wildman–Crippen MR) is 91.9 cm³/mol. The Hall–Kier alpha value is -2.43. The van der Waals surface area contributed by atoms with Crippen molar-refractivity contribution in [2.75, 3.05) is 23.3 Å². The van der Waals surface area contributed by atoms with Crippen LogP contribution in [0.4, 0.5) is 11.5 Å². The van der Waals surface area contributed by atoms with Crippen molar-refractivity contribution in [2.45, 2.75) is 32.6 Å². The van der Waals surface area contributed by atoms with E-state index in [0.717, 1.165) is 36.6 Å². The summed E-state index contributed by atoms with van der Waals surface area (Å²) in [5.74, 6) is 0.638. The van der Waals surface area contributed by atoms with Gasteiger partial charge in [0.25, 0.3) is 5.91 Å². The quantitative estimate of drug-likeness (QED) is 0.941. The average molecular weight is 310 g/mol. The van der Waals surface area contributed by atoms with E-state index in [1.54, 1.807) is 12.4 Å². The standard InChI is InChI=1S/C18H22N4O/c1-2-14-8-4-5-9-15(14)21-18(23)16-12-20-17(13-19-16)22-10-6-3-7-11-22/h4-5,8-9,12-13H,2-3,6-7,10-11H2,1H3,(H,21,23). The topological polar surface area (TPSA) is 58.1 Å². The van der Waals surface area contributed by atoms with Crippen LogP contribution in [0.2, 0.25) is 0 Å². The SMILES string of the molecule is CCc1ccccc1NC(=O)c1cnc(N2CCCCC2)cn1. The van der Waals surface area contributed by atoms with Gasteiger partial charge in [-0.2, -0.15) is 0 Å². The Morgan fingerprint density at radius 1 is 1.13 bits per heavy atom. The Morgan fingerprint density at radius 3 is 2.61 bits per heavy atom. The van der Waals surface area contributed by atoms with Crippen LogP contribution in [0, 0.1) is 0 Å². The highest BCUT2D eigenvalue weighted by Gasteiger charge is 2.14. The molecule has 2 heterocycles. The molecule has 5 nitrogen and oxygen atoms in total. The van der Waals surface area contributed by atoms with E-state index in [0.29, 0.717) is 5.69 Å². The largest absolute Gasteiger partial charge is 0.355 e. The van der Waals surface area contributed by atoms with Crippen molar-refractivity contribution >= 4 is 17.4 Å². The molecule has 1 aliphatic rings. The summed E-state index contributed by atoms with van der Waals surface area (Å²) >= 11 is 0. The molecule has 23 heavy (non-hydrogen) atoms. The van der Waals surface area contributed by atoms with Gasteiger partial charge in [-0.3, -0.25) is 4.79 Å². The van der Waals surface area contributed by atoms with Gasteiger partial charge in [-0.25, -0.2) is 9.97 Å². The molecule has 1 saturated heterocycles. The number of amides is 1. The zero-order valence-electron chi connectivity index (χ0n) is 13.5. The number of aryl methyl sites for hydroxylation is 1. The summed E-state index contributed by atoms with van der Waals surface area (Å²) < 4.78 is 0. The zero-order valence-corrected chi connectivity index (χ0v) is 13.5. The Balaban J connectivity index is 1.70. The van der Waals surface area contributed by atoms with Gasteiger partial charge in [0.2, 0.25) is 0 Å². The second-order valence-electron chi connectivity index (χ2n) is 5.77. The molecule has 1 amide bonds. The minimum absolute atomic E-state index is 0.219. The molecule has 3 rings (SSSR count). The Labute approximate surface area is 136 Å². The maximum absolute atomic E-state index is 12.3. The first-order chi connectivity index (χ1) is 11.3. The number of hydrogen-bond donors (Lipinski definition) is 1. The number of para-hydroxylation sites is 1. The summed E-state index contributed by atoms with van der Waals surface area (Å²) in [5.41, 5.74) is 2.29. The van der Waals surface area contributed by atoms with Crippen molar-refractivity contribution in [3.05, 3.63) is 47.9 Å². The lowest BCUT2D eigenvalue weighted by atomic mass is 10.1. The van der Waals surface area contributed by atoms with Crippen molar-refractivity contribution in [3.63, 3.8) is 0 Å². The highest BCUT2D eigenvalue weighted by atomic mass is 16.1. The van der Waals surface area contributed by atoms with Gasteiger partial charge in [0, 0.05) is 18.8 Å². The molecule has 1 N–H and O–H groups in total. The predicted octanol–water partition coefficient (Wildman–Crippen LogP) is 3.28. The number of benzene rings is 1. The van der Waals surface area contributed by atoms with Crippen molar-refractivity contribution in [2.24, 2.45) is 0 Å². The molecule has 0 saturated carbocycles. The fraction of sp³-hybridized carbons (Fsp3) is 0.389. The Kier molecular flexibility index (Phi) is 4.86. The number of hydrogen-bond acceptors (Lipinski definition) is 4. The van der Waals surface area contributed by atoms with Crippen LogP contribution in [-0.4, -0.2) is 29.0 Å². The summed E-state index contributed by atoms with van der Waals surface area (Å²) in [4.78, 5) is 23.3. The van der Waals surface area contributed by atoms with Crippen LogP contribution in [0.15, 0.2) is 36.7 Å². The average Bonchev–Trinajstić information content (AvgIpc) is 2.63. The molecule has 120 valence electrons. The van der Waals surface area contributed by atoms with Gasteiger partial charge in [0.1, 0.15) is 11.5 Å². The van der Waals surface area contributed by atoms with E-state index < -0.39 is 0 Å². The van der Waals surface area contributed by atoms with Crippen LogP contribution in [-0.2, 0) is 6.42 Å². The fourth-order valence-corrected chi connectivity index (χ4v) is 2.86. The molecule has 5 heteroatoms. The summed E-state index contributed by atoms with van der Waals surface area (Å²) in [6.07, 6.45) is 7.80. The zero-order chi connectivity index (χ0) is 16.1. The van der Waals surface area contributed by atoms with Crippen molar-refractivity contribution in [3.8, 4) is 0 Å². The van der Waals surface area contributed by atoms with E-state index in [1.807, 2.05) is 24.3 Å². The molecule has 1 aromatic heterocycles. The molecule has 0 aliphatic carbocycles. The summed E-state index contributed by atoms with van der Waals surface area (Å²) in [6, 6.07) is 7.81. The first-order valence-corrected chi connectivity index (χ1v) is 8.24. The summed E-state index contributed by atoms with van der Waals surface area (Å²) in [5, 5.41) is 2.92. The lowest BCUT2D eigenvalue weighted by molar-refractivity contribution is 0.102. The van der Waals surface area contributed by atoms with Crippen LogP contribution in [0.3, 0.4) is 0 Å². The lowest BCUT2D eigenvalue weighted by Gasteiger charge is -2.27. The van der Waals surface area contributed by atoms with Gasteiger partial charge in [-0.05, 0) is 37.3 Å². The van der Waals surface area contributed by atoms with Gasteiger partial charge in [-0.15, -0.1) is 0 Å². The Morgan fingerprint density at radius 2 is 1.91 bits per heavy atom. The molecule has 1 fully saturated rings. The smallest absolute Gasteiger partial charge is 0.275 e. The van der Waals surface area contributed by atoms with Crippen LogP contribution >= 0.6 is 0 Å². The first kappa shape index (κ1) is 15.5. The molecule has 1 aliphatic heterocycles. The number of nitrogens with one attached hydrogen (secondary N) is 1. The third kappa shape index (κ3) is 3.67. The second-order valence-corrected chi connectivity index (χ2v) is 5.77. The van der Waals surface area contributed by atoms with Crippen LogP contribution in [0.5, 0.6) is 0 Å². The molecule has 0 unspecified atom stereocenters. The van der Waals surface area contributed by atoms with E-state index in [2.05, 4.69) is 27.1 Å². The van der Waals surface area contributed by atoms with E-state index >= 15 is 0 Å². The first-order valence-electron chi connectivity index (χ1n) is 8.24. The number of nitrogens with zero attached hydrogens (tertiary/aromatic N) is 3. The number of carbonyl (C=O) groups is 1. The molecule has 0 atom stereocenters. The second kappa shape index (κ2) is 7.22. The van der Waals surface area contributed by atoms with Gasteiger partial charge in [-0.1, -0.05) is 25.1 Å². The lowest BCUT2D eigenvalue weighted by Crippen LogP contribution is -2.30. The number of carbonyl (C=O) groups excluding carboxylic acids is 1. The summed E-state index contributed by atoms with van der Waals surface area (Å²) in [6.45, 7) is 4.10. The monoisotopic (exact) mass is 310 g/mol. The molecular formula is C18H22N4O. The number of piperidine rings is 1.